The molecule has 8 heteroatoms. The maximum atomic E-state index is 12.3. The number of hydrazone groups is 1. The van der Waals surface area contributed by atoms with E-state index in [4.69, 9.17) is 21.1 Å². The number of carbonyl (C=O) groups is 1. The molecule has 35 heavy (non-hydrogen) atoms. The van der Waals surface area contributed by atoms with Crippen LogP contribution >= 0.6 is 11.6 Å². The molecule has 2 N–H and O–H groups in total. The minimum absolute atomic E-state index is 0.300. The molecule has 176 valence electrons. The number of ether oxygens (including phenoxy) is 2. The van der Waals surface area contributed by atoms with E-state index in [1.807, 2.05) is 78.9 Å². The summed E-state index contributed by atoms with van der Waals surface area (Å²) in [7, 11) is 1.62. The summed E-state index contributed by atoms with van der Waals surface area (Å²) in [6.07, 6.45) is 5.04. The SMILES string of the molecule is COc1ccccc1/C=C/C=N/NC(=O)c1cc(-c2ccc(OCc3ccc(Cl)cc3)cc2)n[nH]1. The predicted molar refractivity (Wildman–Crippen MR) is 138 cm³/mol. The van der Waals surface area contributed by atoms with E-state index in [2.05, 4.69) is 20.7 Å². The number of para-hydroxylation sites is 1. The Balaban J connectivity index is 1.30. The first kappa shape index (κ1) is 23.8. The van der Waals surface area contributed by atoms with Crippen LogP contribution in [0.2, 0.25) is 5.02 Å². The van der Waals surface area contributed by atoms with Gasteiger partial charge in [0.1, 0.15) is 23.8 Å². The zero-order chi connectivity index (χ0) is 24.5. The average Bonchev–Trinajstić information content (AvgIpc) is 3.39. The van der Waals surface area contributed by atoms with Crippen molar-refractivity contribution < 1.29 is 14.3 Å². The van der Waals surface area contributed by atoms with Gasteiger partial charge in [-0.15, -0.1) is 0 Å². The molecule has 0 spiro atoms. The van der Waals surface area contributed by atoms with Crippen molar-refractivity contribution in [1.82, 2.24) is 15.6 Å². The van der Waals surface area contributed by atoms with Crippen molar-refractivity contribution in [2.24, 2.45) is 5.10 Å². The van der Waals surface area contributed by atoms with E-state index in [-0.39, 0.29) is 0 Å². The van der Waals surface area contributed by atoms with E-state index in [1.165, 1.54) is 6.21 Å². The Bertz CT molecular complexity index is 1330. The van der Waals surface area contributed by atoms with Gasteiger partial charge in [0.25, 0.3) is 5.91 Å². The lowest BCUT2D eigenvalue weighted by atomic mass is 10.1. The Morgan fingerprint density at radius 1 is 1.09 bits per heavy atom. The Morgan fingerprint density at radius 3 is 2.63 bits per heavy atom. The molecule has 0 bridgehead atoms. The summed E-state index contributed by atoms with van der Waals surface area (Å²) >= 11 is 5.91. The van der Waals surface area contributed by atoms with Crippen LogP contribution in [-0.4, -0.2) is 29.4 Å². The van der Waals surface area contributed by atoms with Gasteiger partial charge in [-0.25, -0.2) is 5.43 Å². The van der Waals surface area contributed by atoms with Crippen molar-refractivity contribution in [3.63, 3.8) is 0 Å². The van der Waals surface area contributed by atoms with Gasteiger partial charge >= 0.3 is 0 Å². The van der Waals surface area contributed by atoms with Gasteiger partial charge in [-0.1, -0.05) is 41.9 Å². The van der Waals surface area contributed by atoms with Gasteiger partial charge in [-0.3, -0.25) is 9.89 Å². The summed E-state index contributed by atoms with van der Waals surface area (Å²) in [6, 6.07) is 24.3. The van der Waals surface area contributed by atoms with Gasteiger partial charge in [0.2, 0.25) is 0 Å². The van der Waals surface area contributed by atoms with Gasteiger partial charge < -0.3 is 9.47 Å². The number of allylic oxidation sites excluding steroid dienone is 1. The van der Waals surface area contributed by atoms with Crippen LogP contribution in [-0.2, 0) is 6.61 Å². The molecule has 7 nitrogen and oxygen atoms in total. The number of nitrogens with one attached hydrogen (secondary N) is 2. The molecule has 3 aromatic carbocycles. The number of nitrogens with zero attached hydrogens (tertiary/aromatic N) is 2. The quantitative estimate of drug-likeness (QED) is 0.233. The molecule has 0 saturated heterocycles. The molecule has 0 saturated carbocycles. The second-order valence-corrected chi connectivity index (χ2v) is 7.86. The number of carbonyl (C=O) groups excluding carboxylic acids is 1. The molecule has 0 aliphatic rings. The first-order valence-electron chi connectivity index (χ1n) is 10.8. The topological polar surface area (TPSA) is 88.6 Å². The normalized spacial score (nSPS) is 11.1. The minimum Gasteiger partial charge on any atom is -0.496 e. The molecule has 0 aliphatic carbocycles. The molecule has 0 radical (unpaired) electrons. The second-order valence-electron chi connectivity index (χ2n) is 7.43. The van der Waals surface area contributed by atoms with Crippen LogP contribution in [0.15, 0.2) is 90.0 Å². The highest BCUT2D eigenvalue weighted by molar-refractivity contribution is 6.30. The largest absolute Gasteiger partial charge is 0.496 e. The predicted octanol–water partition coefficient (Wildman–Crippen LogP) is 5.75. The van der Waals surface area contributed by atoms with Gasteiger partial charge in [0, 0.05) is 22.4 Å². The third kappa shape index (κ3) is 6.59. The van der Waals surface area contributed by atoms with E-state index < -0.39 is 5.91 Å². The maximum absolute atomic E-state index is 12.3. The number of aromatic amines is 1. The van der Waals surface area contributed by atoms with Crippen LogP contribution in [0.1, 0.15) is 21.6 Å². The van der Waals surface area contributed by atoms with Crippen molar-refractivity contribution >= 4 is 29.8 Å². The molecule has 0 fully saturated rings. The lowest BCUT2D eigenvalue weighted by Gasteiger charge is -2.07. The molecule has 0 aliphatic heterocycles. The first-order valence-corrected chi connectivity index (χ1v) is 11.2. The molecule has 1 heterocycles. The fourth-order valence-corrected chi connectivity index (χ4v) is 3.33. The number of amides is 1. The van der Waals surface area contributed by atoms with Crippen molar-refractivity contribution in [3.8, 4) is 22.8 Å². The maximum Gasteiger partial charge on any atom is 0.289 e. The number of H-pyrrole nitrogens is 1. The molecule has 4 rings (SSSR count). The monoisotopic (exact) mass is 486 g/mol. The van der Waals surface area contributed by atoms with E-state index >= 15 is 0 Å². The molecular weight excluding hydrogens is 464 g/mol. The van der Waals surface area contributed by atoms with Gasteiger partial charge in [0.15, 0.2) is 0 Å². The number of hydrogen-bond donors (Lipinski definition) is 2. The van der Waals surface area contributed by atoms with Crippen LogP contribution in [0, 0.1) is 0 Å². The van der Waals surface area contributed by atoms with Crippen molar-refractivity contribution in [1.29, 1.82) is 0 Å². The highest BCUT2D eigenvalue weighted by Gasteiger charge is 2.10. The fraction of sp³-hybridized carbons (Fsp3) is 0.0741. The summed E-state index contributed by atoms with van der Waals surface area (Å²) < 4.78 is 11.1. The molecule has 1 aromatic heterocycles. The minimum atomic E-state index is -0.395. The summed E-state index contributed by atoms with van der Waals surface area (Å²) in [5.41, 5.74) is 6.20. The van der Waals surface area contributed by atoms with Gasteiger partial charge in [0.05, 0.1) is 12.8 Å². The number of halogens is 1. The van der Waals surface area contributed by atoms with E-state index in [0.717, 1.165) is 28.2 Å². The highest BCUT2D eigenvalue weighted by Crippen LogP contribution is 2.22. The van der Waals surface area contributed by atoms with Crippen molar-refractivity contribution in [3.05, 3.63) is 107 Å². The van der Waals surface area contributed by atoms with E-state index in [9.17, 15) is 4.79 Å². The Kier molecular flexibility index (Phi) is 7.93. The number of benzene rings is 3. The summed E-state index contributed by atoms with van der Waals surface area (Å²) in [4.78, 5) is 12.3. The van der Waals surface area contributed by atoms with Crippen LogP contribution in [0.5, 0.6) is 11.5 Å². The van der Waals surface area contributed by atoms with E-state index in [1.54, 1.807) is 19.3 Å². The lowest BCUT2D eigenvalue weighted by molar-refractivity contribution is 0.0950. The zero-order valence-corrected chi connectivity index (χ0v) is 19.7. The molecule has 0 unspecified atom stereocenters. The van der Waals surface area contributed by atoms with Crippen LogP contribution in [0.25, 0.3) is 17.3 Å². The van der Waals surface area contributed by atoms with Crippen LogP contribution in [0.4, 0.5) is 0 Å². The van der Waals surface area contributed by atoms with Gasteiger partial charge in [-0.05, 0) is 66.2 Å². The van der Waals surface area contributed by atoms with Gasteiger partial charge in [-0.2, -0.15) is 10.2 Å². The summed E-state index contributed by atoms with van der Waals surface area (Å²) in [6.45, 7) is 0.442. The average molecular weight is 487 g/mol. The molecule has 0 atom stereocenters. The molecule has 1 amide bonds. The number of methoxy groups -OCH3 is 1. The smallest absolute Gasteiger partial charge is 0.289 e. The molecule has 4 aromatic rings. The lowest BCUT2D eigenvalue weighted by Crippen LogP contribution is -2.17. The summed E-state index contributed by atoms with van der Waals surface area (Å²) in [5.74, 6) is 1.09. The van der Waals surface area contributed by atoms with Crippen LogP contribution in [0.3, 0.4) is 0 Å². The fourth-order valence-electron chi connectivity index (χ4n) is 3.21. The standard InChI is InChI=1S/C27H23ClN4O3/c1-34-26-7-3-2-5-21(26)6-4-16-29-32-27(33)25-17-24(30-31-25)20-10-14-23(15-11-20)35-18-19-8-12-22(28)13-9-19/h2-17H,18H2,1H3,(H,30,31)(H,32,33)/b6-4+,29-16+. The Morgan fingerprint density at radius 2 is 1.86 bits per heavy atom. The number of aromatic nitrogens is 2. The Labute approximate surface area is 208 Å². The zero-order valence-electron chi connectivity index (χ0n) is 18.9. The number of rotatable bonds is 9. The third-order valence-electron chi connectivity index (χ3n) is 5.03. The summed E-state index contributed by atoms with van der Waals surface area (Å²) in [5, 5.41) is 11.6. The second kappa shape index (κ2) is 11.7. The molecular formula is C27H23ClN4O3. The van der Waals surface area contributed by atoms with Crippen molar-refractivity contribution in [2.45, 2.75) is 6.61 Å². The first-order chi connectivity index (χ1) is 17.1. The van der Waals surface area contributed by atoms with E-state index in [0.29, 0.717) is 23.0 Å². The Hall–Kier alpha value is -4.36. The third-order valence-corrected chi connectivity index (χ3v) is 5.28. The van der Waals surface area contributed by atoms with Crippen molar-refractivity contribution in [2.75, 3.05) is 7.11 Å². The highest BCUT2D eigenvalue weighted by atomic mass is 35.5. The van der Waals surface area contributed by atoms with Crippen LogP contribution < -0.4 is 14.9 Å². The number of hydrogen-bond acceptors (Lipinski definition) is 5.